The Hall–Kier alpha value is -0.620. The quantitative estimate of drug-likeness (QED) is 0.633. The van der Waals surface area contributed by atoms with Crippen molar-refractivity contribution in [3.63, 3.8) is 0 Å². The van der Waals surface area contributed by atoms with Crippen molar-refractivity contribution < 1.29 is 22.5 Å². The van der Waals surface area contributed by atoms with Crippen LogP contribution in [0.3, 0.4) is 0 Å². The van der Waals surface area contributed by atoms with Crippen molar-refractivity contribution >= 4 is 16.1 Å². The summed E-state index contributed by atoms with van der Waals surface area (Å²) in [5.41, 5.74) is 0. The van der Waals surface area contributed by atoms with Crippen molar-refractivity contribution in [3.05, 3.63) is 0 Å². The second kappa shape index (κ2) is 6.22. The molecule has 0 bridgehead atoms. The number of hydrogen-bond acceptors (Lipinski definition) is 4. The lowest BCUT2D eigenvalue weighted by atomic mass is 9.67. The summed E-state index contributed by atoms with van der Waals surface area (Å²) in [6.45, 7) is -0.248. The first-order valence-corrected chi connectivity index (χ1v) is 8.68. The first-order chi connectivity index (χ1) is 8.96. The highest BCUT2D eigenvalue weighted by molar-refractivity contribution is 7.85. The molecule has 0 spiro atoms. The fraction of sp³-hybridized carbons (Fsp3) is 0.923. The standard InChI is InChI=1S/C13H22O5S/c14-13(18-7-8-19(15,16)17)12-6-5-10-3-1-2-4-11(10)9-12/h10-12H,1-9H2,(H,15,16,17). The fourth-order valence-electron chi connectivity index (χ4n) is 3.45. The van der Waals surface area contributed by atoms with Crippen molar-refractivity contribution in [2.45, 2.75) is 44.9 Å². The van der Waals surface area contributed by atoms with E-state index in [1.165, 1.54) is 25.7 Å². The number of fused-ring (bicyclic) bond motifs is 1. The molecule has 6 heteroatoms. The number of hydrogen-bond donors (Lipinski definition) is 1. The lowest BCUT2D eigenvalue weighted by Crippen LogP contribution is -2.32. The van der Waals surface area contributed by atoms with E-state index in [9.17, 15) is 13.2 Å². The summed E-state index contributed by atoms with van der Waals surface area (Å²) in [5, 5.41) is 0. The van der Waals surface area contributed by atoms with Gasteiger partial charge in [0.2, 0.25) is 0 Å². The Morgan fingerprint density at radius 2 is 1.79 bits per heavy atom. The van der Waals surface area contributed by atoms with Crippen LogP contribution in [0.15, 0.2) is 0 Å². The zero-order valence-electron chi connectivity index (χ0n) is 11.1. The molecule has 0 aromatic heterocycles. The molecule has 0 aliphatic heterocycles. The molecule has 2 aliphatic rings. The van der Waals surface area contributed by atoms with Gasteiger partial charge in [0.25, 0.3) is 10.1 Å². The normalized spacial score (nSPS) is 31.5. The highest BCUT2D eigenvalue weighted by Gasteiger charge is 2.35. The molecule has 110 valence electrons. The Labute approximate surface area is 114 Å². The van der Waals surface area contributed by atoms with Crippen LogP contribution >= 0.6 is 0 Å². The second-order valence-electron chi connectivity index (χ2n) is 5.77. The first-order valence-electron chi connectivity index (χ1n) is 7.07. The van der Waals surface area contributed by atoms with E-state index in [4.69, 9.17) is 9.29 Å². The zero-order chi connectivity index (χ0) is 13.9. The van der Waals surface area contributed by atoms with Gasteiger partial charge in [0.05, 0.1) is 5.92 Å². The van der Waals surface area contributed by atoms with Gasteiger partial charge in [-0.15, -0.1) is 0 Å². The molecule has 2 aliphatic carbocycles. The van der Waals surface area contributed by atoms with Gasteiger partial charge in [0, 0.05) is 0 Å². The minimum atomic E-state index is -4.05. The lowest BCUT2D eigenvalue weighted by molar-refractivity contribution is -0.150. The van der Waals surface area contributed by atoms with E-state index >= 15 is 0 Å². The van der Waals surface area contributed by atoms with Crippen LogP contribution in [0.2, 0.25) is 0 Å². The lowest BCUT2D eigenvalue weighted by Gasteiger charge is -2.38. The molecular weight excluding hydrogens is 268 g/mol. The van der Waals surface area contributed by atoms with E-state index in [-0.39, 0.29) is 18.5 Å². The van der Waals surface area contributed by atoms with Crippen LogP contribution in [0.25, 0.3) is 0 Å². The molecule has 0 radical (unpaired) electrons. The van der Waals surface area contributed by atoms with Crippen LogP contribution in [0.5, 0.6) is 0 Å². The van der Waals surface area contributed by atoms with Crippen molar-refractivity contribution in [1.82, 2.24) is 0 Å². The average molecular weight is 290 g/mol. The number of ether oxygens (including phenoxy) is 1. The van der Waals surface area contributed by atoms with Crippen LogP contribution < -0.4 is 0 Å². The third kappa shape index (κ3) is 4.45. The van der Waals surface area contributed by atoms with Crippen molar-refractivity contribution in [2.75, 3.05) is 12.4 Å². The van der Waals surface area contributed by atoms with Gasteiger partial charge in [-0.3, -0.25) is 9.35 Å². The third-order valence-electron chi connectivity index (χ3n) is 4.46. The summed E-state index contributed by atoms with van der Waals surface area (Å²) in [5.74, 6) is 0.517. The van der Waals surface area contributed by atoms with Crippen LogP contribution in [0.4, 0.5) is 0 Å². The van der Waals surface area contributed by atoms with Gasteiger partial charge in [0.15, 0.2) is 0 Å². The minimum absolute atomic E-state index is 0.0826. The minimum Gasteiger partial charge on any atom is -0.464 e. The topological polar surface area (TPSA) is 80.7 Å². The van der Waals surface area contributed by atoms with E-state index < -0.39 is 15.9 Å². The van der Waals surface area contributed by atoms with E-state index in [1.807, 2.05) is 0 Å². The van der Waals surface area contributed by atoms with Crippen LogP contribution in [-0.4, -0.2) is 31.3 Å². The second-order valence-corrected chi connectivity index (χ2v) is 7.34. The predicted octanol–water partition coefficient (Wildman–Crippen LogP) is 2.02. The highest BCUT2D eigenvalue weighted by atomic mass is 32.2. The van der Waals surface area contributed by atoms with Crippen LogP contribution in [0.1, 0.15) is 44.9 Å². The maximum Gasteiger partial charge on any atom is 0.308 e. The van der Waals surface area contributed by atoms with Crippen LogP contribution in [-0.2, 0) is 19.6 Å². The smallest absolute Gasteiger partial charge is 0.308 e. The van der Waals surface area contributed by atoms with Crippen LogP contribution in [0, 0.1) is 17.8 Å². The molecule has 0 heterocycles. The third-order valence-corrected chi connectivity index (χ3v) is 5.14. The van der Waals surface area contributed by atoms with E-state index in [2.05, 4.69) is 0 Å². The Bertz CT molecular complexity index is 417. The molecule has 2 rings (SSSR count). The Morgan fingerprint density at radius 1 is 1.11 bits per heavy atom. The Balaban J connectivity index is 1.77. The summed E-state index contributed by atoms with van der Waals surface area (Å²) in [7, 11) is -4.05. The monoisotopic (exact) mass is 290 g/mol. The summed E-state index contributed by atoms with van der Waals surface area (Å²) >= 11 is 0. The molecule has 3 unspecified atom stereocenters. The van der Waals surface area contributed by atoms with Gasteiger partial charge in [-0.2, -0.15) is 8.42 Å². The molecule has 0 saturated heterocycles. The molecule has 0 aromatic rings. The van der Waals surface area contributed by atoms with Gasteiger partial charge in [-0.25, -0.2) is 0 Å². The van der Waals surface area contributed by atoms with Gasteiger partial charge in [0.1, 0.15) is 12.4 Å². The molecular formula is C13H22O5S. The van der Waals surface area contributed by atoms with Gasteiger partial charge in [-0.05, 0) is 31.1 Å². The SMILES string of the molecule is O=C(OCCS(=O)(=O)O)C1CCC2CCCCC2C1. The summed E-state index contributed by atoms with van der Waals surface area (Å²) < 4.78 is 34.6. The molecule has 19 heavy (non-hydrogen) atoms. The predicted molar refractivity (Wildman–Crippen MR) is 70.2 cm³/mol. The Morgan fingerprint density at radius 3 is 2.47 bits per heavy atom. The maximum absolute atomic E-state index is 11.9. The number of carbonyl (C=O) groups excluding carboxylic acids is 1. The highest BCUT2D eigenvalue weighted by Crippen LogP contribution is 2.42. The average Bonchev–Trinajstić information content (AvgIpc) is 2.36. The Kier molecular flexibility index (Phi) is 4.84. The molecule has 0 amide bonds. The summed E-state index contributed by atoms with van der Waals surface area (Å²) in [4.78, 5) is 11.9. The number of rotatable bonds is 4. The number of esters is 1. The molecule has 0 aromatic carbocycles. The molecule has 3 atom stereocenters. The molecule has 1 N–H and O–H groups in total. The number of carbonyl (C=O) groups is 1. The van der Waals surface area contributed by atoms with Crippen molar-refractivity contribution in [1.29, 1.82) is 0 Å². The van der Waals surface area contributed by atoms with Gasteiger partial charge in [-0.1, -0.05) is 25.7 Å². The molecule has 2 fully saturated rings. The molecule has 5 nitrogen and oxygen atoms in total. The molecule has 2 saturated carbocycles. The van der Waals surface area contributed by atoms with Gasteiger partial charge >= 0.3 is 5.97 Å². The van der Waals surface area contributed by atoms with E-state index in [0.717, 1.165) is 25.2 Å². The largest absolute Gasteiger partial charge is 0.464 e. The zero-order valence-corrected chi connectivity index (χ0v) is 11.9. The van der Waals surface area contributed by atoms with Gasteiger partial charge < -0.3 is 4.74 Å². The fourth-order valence-corrected chi connectivity index (χ4v) is 3.75. The summed E-state index contributed by atoms with van der Waals surface area (Å²) in [6.07, 6.45) is 7.88. The van der Waals surface area contributed by atoms with E-state index in [1.54, 1.807) is 0 Å². The van der Waals surface area contributed by atoms with E-state index in [0.29, 0.717) is 5.92 Å². The maximum atomic E-state index is 11.9. The van der Waals surface area contributed by atoms with Crippen molar-refractivity contribution in [2.24, 2.45) is 17.8 Å². The summed E-state index contributed by atoms with van der Waals surface area (Å²) in [6, 6.07) is 0. The van der Waals surface area contributed by atoms with Crippen molar-refractivity contribution in [3.8, 4) is 0 Å². The first kappa shape index (κ1) is 14.8.